The van der Waals surface area contributed by atoms with E-state index < -0.39 is 6.03 Å². The Hall–Kier alpha value is -5.40. The smallest absolute Gasteiger partial charge is 0.323 e. The minimum atomic E-state index is -0.479. The first kappa shape index (κ1) is 35.9. The van der Waals surface area contributed by atoms with Crippen molar-refractivity contribution in [1.82, 2.24) is 15.0 Å². The summed E-state index contributed by atoms with van der Waals surface area (Å²) < 4.78 is 11.8. The monoisotopic (exact) mass is 683 g/mol. The number of nitrogens with zero attached hydrogens (tertiary/aromatic N) is 3. The number of nitrogen functional groups attached to an aromatic ring is 1. The van der Waals surface area contributed by atoms with Crippen molar-refractivity contribution in [3.8, 4) is 5.75 Å². The predicted molar refractivity (Wildman–Crippen MR) is 192 cm³/mol. The van der Waals surface area contributed by atoms with E-state index in [9.17, 15) is 19.5 Å². The number of likely N-dealkylation sites (N-methyl/N-ethyl adjacent to an activating group) is 1. The van der Waals surface area contributed by atoms with E-state index in [4.69, 9.17) is 15.0 Å². The normalized spacial score (nSPS) is 16.8. The second-order valence-corrected chi connectivity index (χ2v) is 12.9. The van der Waals surface area contributed by atoms with Gasteiger partial charge in [-0.25, -0.2) is 4.79 Å². The van der Waals surface area contributed by atoms with Gasteiger partial charge in [0, 0.05) is 42.4 Å². The summed E-state index contributed by atoms with van der Waals surface area (Å²) in [5.41, 5.74) is 10.7. The fourth-order valence-corrected chi connectivity index (χ4v) is 5.91. The van der Waals surface area contributed by atoms with E-state index in [1.807, 2.05) is 45.2 Å². The number of aliphatic hydroxyl groups is 1. The minimum absolute atomic E-state index is 0.0345. The average Bonchev–Trinajstić information content (AvgIpc) is 3.42. The molecule has 4 amide bonds. The molecule has 6 N–H and O–H groups in total. The molecular formula is C37H45N7O6. The highest BCUT2D eigenvalue weighted by Gasteiger charge is 2.31. The Bertz CT molecular complexity index is 1810. The van der Waals surface area contributed by atoms with Gasteiger partial charge in [-0.05, 0) is 75.8 Å². The van der Waals surface area contributed by atoms with E-state index in [1.165, 1.54) is 0 Å². The van der Waals surface area contributed by atoms with Crippen LogP contribution in [0.2, 0.25) is 0 Å². The van der Waals surface area contributed by atoms with E-state index in [-0.39, 0.29) is 42.9 Å². The molecule has 0 radical (unpaired) electrons. The van der Waals surface area contributed by atoms with Crippen LogP contribution < -0.4 is 26.4 Å². The molecule has 0 saturated carbocycles. The third kappa shape index (κ3) is 8.79. The first-order valence-corrected chi connectivity index (χ1v) is 16.6. The molecule has 5 rings (SSSR count). The van der Waals surface area contributed by atoms with Crippen LogP contribution in [0.15, 0.2) is 71.3 Å². The predicted octanol–water partition coefficient (Wildman–Crippen LogP) is 5.05. The van der Waals surface area contributed by atoms with Crippen LogP contribution in [-0.4, -0.2) is 76.8 Å². The Morgan fingerprint density at radius 1 is 1.08 bits per heavy atom. The van der Waals surface area contributed by atoms with E-state index in [1.54, 1.807) is 61.2 Å². The zero-order valence-corrected chi connectivity index (χ0v) is 29.0. The van der Waals surface area contributed by atoms with E-state index in [0.29, 0.717) is 70.7 Å². The molecule has 13 heteroatoms. The van der Waals surface area contributed by atoms with Gasteiger partial charge in [-0.3, -0.25) is 14.5 Å². The number of ether oxygens (including phenoxy) is 1. The first-order chi connectivity index (χ1) is 23.9. The molecule has 50 heavy (non-hydrogen) atoms. The highest BCUT2D eigenvalue weighted by Crippen LogP contribution is 2.30. The Morgan fingerprint density at radius 3 is 2.50 bits per heavy atom. The Labute approximate surface area is 291 Å². The van der Waals surface area contributed by atoms with Crippen molar-refractivity contribution in [2.75, 3.05) is 48.4 Å². The van der Waals surface area contributed by atoms with Gasteiger partial charge in [-0.15, -0.1) is 0 Å². The van der Waals surface area contributed by atoms with Crippen molar-refractivity contribution in [1.29, 1.82) is 0 Å². The highest BCUT2D eigenvalue weighted by atomic mass is 16.5. The topological polar surface area (TPSA) is 175 Å². The molecule has 0 saturated heterocycles. The molecule has 3 atom stereocenters. The number of anilines is 4. The lowest BCUT2D eigenvalue weighted by Crippen LogP contribution is -2.47. The number of urea groups is 1. The quantitative estimate of drug-likeness (QED) is 0.143. The number of carbonyl (C=O) groups is 3. The molecule has 0 bridgehead atoms. The van der Waals surface area contributed by atoms with Crippen LogP contribution in [0.5, 0.6) is 5.75 Å². The van der Waals surface area contributed by atoms with Gasteiger partial charge < -0.3 is 41.0 Å². The molecule has 13 nitrogen and oxygen atoms in total. The number of carbonyl (C=O) groups excluding carboxylic acids is 3. The van der Waals surface area contributed by atoms with Crippen LogP contribution in [0.25, 0.3) is 0 Å². The zero-order chi connectivity index (χ0) is 35.9. The molecule has 0 unspecified atom stereocenters. The molecule has 1 aromatic heterocycles. The van der Waals surface area contributed by atoms with Crippen LogP contribution in [0.3, 0.4) is 0 Å². The highest BCUT2D eigenvalue weighted by molar-refractivity contribution is 6.05. The number of aromatic nitrogens is 1. The van der Waals surface area contributed by atoms with Crippen molar-refractivity contribution in [2.45, 2.75) is 52.8 Å². The zero-order valence-electron chi connectivity index (χ0n) is 29.0. The number of hydrogen-bond donors (Lipinski definition) is 5. The average molecular weight is 684 g/mol. The third-order valence-corrected chi connectivity index (χ3v) is 8.82. The summed E-state index contributed by atoms with van der Waals surface area (Å²) in [6.45, 7) is 8.65. The largest absolute Gasteiger partial charge is 0.488 e. The van der Waals surface area contributed by atoms with E-state index in [0.717, 1.165) is 5.56 Å². The van der Waals surface area contributed by atoms with Crippen LogP contribution >= 0.6 is 0 Å². The second-order valence-electron chi connectivity index (χ2n) is 12.9. The Morgan fingerprint density at radius 2 is 1.82 bits per heavy atom. The number of para-hydroxylation sites is 2. The summed E-state index contributed by atoms with van der Waals surface area (Å²) in [5.74, 6) is 0.562. The molecule has 0 aliphatic carbocycles. The van der Waals surface area contributed by atoms with Crippen LogP contribution in [0.1, 0.15) is 46.8 Å². The maximum Gasteiger partial charge on any atom is 0.323 e. The fourth-order valence-electron chi connectivity index (χ4n) is 5.91. The Kier molecular flexibility index (Phi) is 11.4. The lowest BCUT2D eigenvalue weighted by molar-refractivity contribution is -0.134. The van der Waals surface area contributed by atoms with Gasteiger partial charge >= 0.3 is 6.03 Å². The number of fused-ring (bicyclic) bond motifs is 1. The summed E-state index contributed by atoms with van der Waals surface area (Å²) in [6, 6.07) is 18.9. The summed E-state index contributed by atoms with van der Waals surface area (Å²) in [6.07, 6.45) is -0.284. The standard InChI is InChI=1S/C37H45N7O6/c1-22-18-44(23(2)21-45)34(46)17-28-16-29(39-37(48)41-35-24(3)42-50-25(35)4)14-15-32(28)49-33(22)20-43(5)19-26-10-12-27(13-11-26)36(47)40-31-9-7-6-8-30(31)38/h6-16,22-23,33,45H,17-21,38H2,1-5H3,(H,40,47)(H2,39,41,48)/t22-,23-,33+/m1/s1. The van der Waals surface area contributed by atoms with Crippen molar-refractivity contribution < 1.29 is 28.8 Å². The van der Waals surface area contributed by atoms with Crippen molar-refractivity contribution in [3.05, 3.63) is 94.9 Å². The Balaban J connectivity index is 1.30. The molecule has 3 aromatic carbocycles. The number of aryl methyl sites for hydroxylation is 2. The molecular weight excluding hydrogens is 638 g/mol. The van der Waals surface area contributed by atoms with Crippen molar-refractivity contribution in [2.24, 2.45) is 5.92 Å². The molecule has 0 fully saturated rings. The van der Waals surface area contributed by atoms with Gasteiger partial charge in [0.25, 0.3) is 5.91 Å². The van der Waals surface area contributed by atoms with Gasteiger partial charge in [0.1, 0.15) is 23.2 Å². The lowest BCUT2D eigenvalue weighted by Gasteiger charge is -2.34. The molecule has 0 spiro atoms. The number of rotatable bonds is 10. The van der Waals surface area contributed by atoms with E-state index >= 15 is 0 Å². The first-order valence-electron chi connectivity index (χ1n) is 16.6. The van der Waals surface area contributed by atoms with Gasteiger partial charge in [0.2, 0.25) is 5.91 Å². The van der Waals surface area contributed by atoms with Crippen molar-refractivity contribution in [3.63, 3.8) is 0 Å². The third-order valence-electron chi connectivity index (χ3n) is 8.82. The maximum absolute atomic E-state index is 13.6. The van der Waals surface area contributed by atoms with Gasteiger partial charge in [0.05, 0.1) is 30.4 Å². The number of amides is 4. The molecule has 4 aromatic rings. The SMILES string of the molecule is Cc1noc(C)c1NC(=O)Nc1ccc2c(c1)CC(=O)N([C@H](C)CO)C[C@@H](C)[C@H](CN(C)Cc1ccc(C(=O)Nc3ccccc3N)cc1)O2. The van der Waals surface area contributed by atoms with Gasteiger partial charge in [-0.2, -0.15) is 0 Å². The summed E-state index contributed by atoms with van der Waals surface area (Å²) in [4.78, 5) is 43.1. The molecule has 264 valence electrons. The summed E-state index contributed by atoms with van der Waals surface area (Å²) in [5, 5.41) is 22.3. The van der Waals surface area contributed by atoms with Crippen LogP contribution in [-0.2, 0) is 17.8 Å². The minimum Gasteiger partial charge on any atom is -0.488 e. The van der Waals surface area contributed by atoms with Crippen molar-refractivity contribution >= 4 is 40.6 Å². The van der Waals surface area contributed by atoms with E-state index in [2.05, 4.69) is 26.0 Å². The molecule has 1 aliphatic rings. The van der Waals surface area contributed by atoms with Crippen LogP contribution in [0, 0.1) is 19.8 Å². The second kappa shape index (κ2) is 15.9. The molecule has 1 aliphatic heterocycles. The fraction of sp³-hybridized carbons (Fsp3) is 0.351. The maximum atomic E-state index is 13.6. The number of benzene rings is 3. The van der Waals surface area contributed by atoms with Gasteiger partial charge in [-0.1, -0.05) is 36.3 Å². The molecule has 2 heterocycles. The summed E-state index contributed by atoms with van der Waals surface area (Å²) in [7, 11) is 1.99. The van der Waals surface area contributed by atoms with Gasteiger partial charge in [0.15, 0.2) is 5.76 Å². The number of aliphatic hydroxyl groups excluding tert-OH is 1. The number of nitrogens with two attached hydrogens (primary N) is 1. The van der Waals surface area contributed by atoms with Crippen LogP contribution in [0.4, 0.5) is 27.5 Å². The number of nitrogens with one attached hydrogen (secondary N) is 3. The number of hydrogen-bond acceptors (Lipinski definition) is 9. The summed E-state index contributed by atoms with van der Waals surface area (Å²) >= 11 is 0. The lowest BCUT2D eigenvalue weighted by atomic mass is 10.0.